The Morgan fingerprint density at radius 1 is 1.30 bits per heavy atom. The molecule has 0 aliphatic carbocycles. The first-order valence-electron chi connectivity index (χ1n) is 7.15. The summed E-state index contributed by atoms with van der Waals surface area (Å²) in [6, 6.07) is 7.36. The Labute approximate surface area is 138 Å². The van der Waals surface area contributed by atoms with Gasteiger partial charge in [-0.15, -0.1) is 11.3 Å². The van der Waals surface area contributed by atoms with Crippen molar-refractivity contribution < 1.29 is 19.4 Å². The number of methoxy groups -OCH3 is 1. The van der Waals surface area contributed by atoms with Gasteiger partial charge in [-0.05, 0) is 24.1 Å². The Balaban J connectivity index is 1.96. The fourth-order valence-corrected chi connectivity index (χ4v) is 2.86. The molecule has 2 aromatic rings. The minimum absolute atomic E-state index is 0.0334. The number of carboxylic acids is 1. The first kappa shape index (κ1) is 17.0. The standard InChI is InChI=1S/C16H18N2O4S/c1-3-14-18-12(15(23-14)16(20)21)8-13(19)17-9-10-4-6-11(22-2)7-5-10/h4-7H,3,8-9H2,1-2H3,(H,17,19)(H,20,21). The van der Waals surface area contributed by atoms with Crippen LogP contribution in [0.2, 0.25) is 0 Å². The van der Waals surface area contributed by atoms with Crippen molar-refractivity contribution in [2.75, 3.05) is 7.11 Å². The predicted molar refractivity (Wildman–Crippen MR) is 87.0 cm³/mol. The molecule has 2 N–H and O–H groups in total. The van der Waals surface area contributed by atoms with Crippen LogP contribution in [0.25, 0.3) is 0 Å². The Kier molecular flexibility index (Phi) is 5.70. The summed E-state index contributed by atoms with van der Waals surface area (Å²) < 4.78 is 5.07. The average molecular weight is 334 g/mol. The van der Waals surface area contributed by atoms with Crippen molar-refractivity contribution in [3.63, 3.8) is 0 Å². The first-order valence-corrected chi connectivity index (χ1v) is 7.96. The van der Waals surface area contributed by atoms with Crippen molar-refractivity contribution in [2.45, 2.75) is 26.3 Å². The van der Waals surface area contributed by atoms with Crippen LogP contribution in [0.3, 0.4) is 0 Å². The van der Waals surface area contributed by atoms with Crippen molar-refractivity contribution >= 4 is 23.2 Å². The molecule has 0 fully saturated rings. The van der Waals surface area contributed by atoms with Crippen molar-refractivity contribution in [2.24, 2.45) is 0 Å². The van der Waals surface area contributed by atoms with Crippen LogP contribution < -0.4 is 10.1 Å². The summed E-state index contributed by atoms with van der Waals surface area (Å²) in [6.07, 6.45) is 0.618. The number of benzene rings is 1. The Bertz CT molecular complexity index is 695. The molecule has 6 nitrogen and oxygen atoms in total. The third-order valence-corrected chi connectivity index (χ3v) is 4.45. The van der Waals surface area contributed by atoms with E-state index in [0.717, 1.165) is 27.7 Å². The maximum absolute atomic E-state index is 12.0. The van der Waals surface area contributed by atoms with Crippen LogP contribution in [0.5, 0.6) is 5.75 Å². The summed E-state index contributed by atoms with van der Waals surface area (Å²) in [6.45, 7) is 2.27. The van der Waals surface area contributed by atoms with Crippen molar-refractivity contribution in [1.29, 1.82) is 0 Å². The minimum atomic E-state index is -1.04. The van der Waals surface area contributed by atoms with E-state index in [-0.39, 0.29) is 17.2 Å². The normalized spacial score (nSPS) is 10.3. The number of aromatic nitrogens is 1. The smallest absolute Gasteiger partial charge is 0.347 e. The number of amides is 1. The van der Waals surface area contributed by atoms with Crippen LogP contribution in [0, 0.1) is 0 Å². The van der Waals surface area contributed by atoms with Gasteiger partial charge >= 0.3 is 5.97 Å². The van der Waals surface area contributed by atoms with Gasteiger partial charge in [0.05, 0.1) is 24.2 Å². The topological polar surface area (TPSA) is 88.5 Å². The fraction of sp³-hybridized carbons (Fsp3) is 0.312. The van der Waals surface area contributed by atoms with E-state index in [0.29, 0.717) is 18.7 Å². The van der Waals surface area contributed by atoms with Gasteiger partial charge in [0.25, 0.3) is 0 Å². The van der Waals surface area contributed by atoms with Gasteiger partial charge < -0.3 is 15.2 Å². The lowest BCUT2D eigenvalue weighted by Crippen LogP contribution is -2.25. The molecule has 1 amide bonds. The van der Waals surface area contributed by atoms with Gasteiger partial charge in [-0.25, -0.2) is 9.78 Å². The number of carboxylic acid groups (broad SMARTS) is 1. The molecule has 1 aromatic carbocycles. The minimum Gasteiger partial charge on any atom is -0.497 e. The molecule has 0 saturated heterocycles. The van der Waals surface area contributed by atoms with Gasteiger partial charge in [-0.1, -0.05) is 19.1 Å². The largest absolute Gasteiger partial charge is 0.497 e. The van der Waals surface area contributed by atoms with E-state index in [2.05, 4.69) is 10.3 Å². The quantitative estimate of drug-likeness (QED) is 0.811. The van der Waals surface area contributed by atoms with Crippen LogP contribution in [0.1, 0.15) is 32.9 Å². The second-order valence-corrected chi connectivity index (χ2v) is 5.93. The molecule has 0 unspecified atom stereocenters. The third kappa shape index (κ3) is 4.53. The molecule has 0 bridgehead atoms. The van der Waals surface area contributed by atoms with Gasteiger partial charge in [0.15, 0.2) is 0 Å². The van der Waals surface area contributed by atoms with Crippen LogP contribution in [-0.4, -0.2) is 29.1 Å². The van der Waals surface area contributed by atoms with E-state index < -0.39 is 5.97 Å². The van der Waals surface area contributed by atoms with Crippen LogP contribution >= 0.6 is 11.3 Å². The lowest BCUT2D eigenvalue weighted by molar-refractivity contribution is -0.120. The number of thiazole rings is 1. The van der Waals surface area contributed by atoms with E-state index in [9.17, 15) is 14.7 Å². The number of hydrogen-bond acceptors (Lipinski definition) is 5. The zero-order chi connectivity index (χ0) is 16.8. The highest BCUT2D eigenvalue weighted by Gasteiger charge is 2.18. The molecule has 1 heterocycles. The molecular formula is C16H18N2O4S. The van der Waals surface area contributed by atoms with Crippen LogP contribution in [0.15, 0.2) is 24.3 Å². The molecule has 7 heteroatoms. The Morgan fingerprint density at radius 2 is 2.00 bits per heavy atom. The predicted octanol–water partition coefficient (Wildman–Crippen LogP) is 2.27. The SMILES string of the molecule is CCc1nc(CC(=O)NCc2ccc(OC)cc2)c(C(=O)O)s1. The van der Waals surface area contributed by atoms with Gasteiger partial charge in [0.2, 0.25) is 5.91 Å². The monoisotopic (exact) mass is 334 g/mol. The molecule has 0 atom stereocenters. The summed E-state index contributed by atoms with van der Waals surface area (Å²) in [5.41, 5.74) is 1.26. The lowest BCUT2D eigenvalue weighted by atomic mass is 10.2. The fourth-order valence-electron chi connectivity index (χ4n) is 2.00. The van der Waals surface area contributed by atoms with Gasteiger partial charge in [-0.2, -0.15) is 0 Å². The molecular weight excluding hydrogens is 316 g/mol. The van der Waals surface area contributed by atoms with Gasteiger partial charge in [0.1, 0.15) is 10.6 Å². The number of aryl methyl sites for hydroxylation is 1. The highest BCUT2D eigenvalue weighted by Crippen LogP contribution is 2.20. The van der Waals surface area contributed by atoms with E-state index in [1.807, 2.05) is 31.2 Å². The number of nitrogens with zero attached hydrogens (tertiary/aromatic N) is 1. The van der Waals surface area contributed by atoms with Gasteiger partial charge in [-0.3, -0.25) is 4.79 Å². The molecule has 2 rings (SSSR count). The van der Waals surface area contributed by atoms with E-state index in [4.69, 9.17) is 4.74 Å². The second-order valence-electron chi connectivity index (χ2n) is 4.84. The molecule has 0 aliphatic heterocycles. The molecule has 0 radical (unpaired) electrons. The van der Waals surface area contributed by atoms with Crippen molar-refractivity contribution in [3.8, 4) is 5.75 Å². The van der Waals surface area contributed by atoms with E-state index in [1.165, 1.54) is 0 Å². The highest BCUT2D eigenvalue weighted by atomic mass is 32.1. The number of carbonyl (C=O) groups excluding carboxylic acids is 1. The molecule has 122 valence electrons. The Morgan fingerprint density at radius 3 is 2.57 bits per heavy atom. The lowest BCUT2D eigenvalue weighted by Gasteiger charge is -2.06. The molecule has 1 aromatic heterocycles. The first-order chi connectivity index (χ1) is 11.0. The molecule has 23 heavy (non-hydrogen) atoms. The summed E-state index contributed by atoms with van der Waals surface area (Å²) in [4.78, 5) is 27.6. The zero-order valence-corrected chi connectivity index (χ0v) is 13.8. The number of hydrogen-bond donors (Lipinski definition) is 2. The van der Waals surface area contributed by atoms with Gasteiger partial charge in [0, 0.05) is 6.54 Å². The second kappa shape index (κ2) is 7.73. The number of nitrogens with one attached hydrogen (secondary N) is 1. The summed E-state index contributed by atoms with van der Waals surface area (Å²) in [7, 11) is 1.59. The van der Waals surface area contributed by atoms with Crippen molar-refractivity contribution in [3.05, 3.63) is 45.4 Å². The van der Waals surface area contributed by atoms with Crippen LogP contribution in [-0.2, 0) is 24.2 Å². The zero-order valence-electron chi connectivity index (χ0n) is 13.0. The average Bonchev–Trinajstić information content (AvgIpc) is 2.96. The summed E-state index contributed by atoms with van der Waals surface area (Å²) in [5, 5.41) is 12.7. The number of aromatic carboxylic acids is 1. The van der Waals surface area contributed by atoms with E-state index >= 15 is 0 Å². The molecule has 0 saturated carbocycles. The summed E-state index contributed by atoms with van der Waals surface area (Å²) >= 11 is 1.12. The number of ether oxygens (including phenoxy) is 1. The maximum Gasteiger partial charge on any atom is 0.347 e. The van der Waals surface area contributed by atoms with Crippen molar-refractivity contribution in [1.82, 2.24) is 10.3 Å². The highest BCUT2D eigenvalue weighted by molar-refractivity contribution is 7.13. The summed E-state index contributed by atoms with van der Waals surface area (Å²) in [5.74, 6) is -0.544. The number of carbonyl (C=O) groups is 2. The Hall–Kier alpha value is -2.41. The molecule has 0 aliphatic rings. The van der Waals surface area contributed by atoms with Crippen LogP contribution in [0.4, 0.5) is 0 Å². The number of rotatable bonds is 7. The molecule has 0 spiro atoms. The third-order valence-electron chi connectivity index (χ3n) is 3.22. The maximum atomic E-state index is 12.0. The van der Waals surface area contributed by atoms with E-state index in [1.54, 1.807) is 7.11 Å².